The highest BCUT2D eigenvalue weighted by Gasteiger charge is 2.12. The molecule has 0 saturated heterocycles. The standard InChI is InChI=1S/C13H18O2.C6H15NO3/c1-9(2)8-11-4-6-12(7-5-11)10(3)13(14)15;8-4-1-7(2-5-9)3-6-10/h4-7,9-10H,8H2,1-3H3,(H,14,15);8-10H,1-6H2. The van der Waals surface area contributed by atoms with E-state index in [1.807, 2.05) is 24.3 Å². The first-order valence-corrected chi connectivity index (χ1v) is 8.72. The van der Waals surface area contributed by atoms with Crippen molar-refractivity contribution in [3.63, 3.8) is 0 Å². The van der Waals surface area contributed by atoms with Gasteiger partial charge < -0.3 is 20.4 Å². The molecule has 6 nitrogen and oxygen atoms in total. The number of nitrogens with zero attached hydrogens (tertiary/aromatic N) is 1. The number of rotatable bonds is 10. The molecule has 0 aliphatic carbocycles. The van der Waals surface area contributed by atoms with Crippen LogP contribution in [0.3, 0.4) is 0 Å². The van der Waals surface area contributed by atoms with Gasteiger partial charge in [0.05, 0.1) is 25.7 Å². The second-order valence-electron chi connectivity index (χ2n) is 6.41. The molecule has 0 amide bonds. The van der Waals surface area contributed by atoms with E-state index in [1.54, 1.807) is 11.8 Å². The average molecular weight is 355 g/mol. The molecular formula is C19H33NO5. The quantitative estimate of drug-likeness (QED) is 0.505. The van der Waals surface area contributed by atoms with Crippen LogP contribution in [-0.2, 0) is 11.2 Å². The minimum Gasteiger partial charge on any atom is -0.481 e. The van der Waals surface area contributed by atoms with Gasteiger partial charge >= 0.3 is 5.97 Å². The first-order chi connectivity index (χ1) is 11.8. The Labute approximate surface area is 150 Å². The van der Waals surface area contributed by atoms with Gasteiger partial charge in [0.25, 0.3) is 0 Å². The molecule has 1 aromatic rings. The largest absolute Gasteiger partial charge is 0.481 e. The fraction of sp³-hybridized carbons (Fsp3) is 0.632. The van der Waals surface area contributed by atoms with E-state index >= 15 is 0 Å². The van der Waals surface area contributed by atoms with Crippen LogP contribution in [0, 0.1) is 5.92 Å². The van der Waals surface area contributed by atoms with E-state index in [1.165, 1.54) is 5.56 Å². The number of hydrogen-bond donors (Lipinski definition) is 4. The fourth-order valence-electron chi connectivity index (χ4n) is 2.32. The molecule has 1 unspecified atom stereocenters. The minimum atomic E-state index is -0.772. The summed E-state index contributed by atoms with van der Waals surface area (Å²) < 4.78 is 0. The van der Waals surface area contributed by atoms with E-state index in [0.29, 0.717) is 25.6 Å². The van der Waals surface area contributed by atoms with Crippen LogP contribution >= 0.6 is 0 Å². The molecule has 1 aromatic carbocycles. The van der Waals surface area contributed by atoms with Crippen molar-refractivity contribution in [2.45, 2.75) is 33.1 Å². The van der Waals surface area contributed by atoms with Crippen LogP contribution in [-0.4, -0.2) is 70.8 Å². The average Bonchev–Trinajstić information content (AvgIpc) is 2.55. The van der Waals surface area contributed by atoms with Gasteiger partial charge in [0.1, 0.15) is 0 Å². The van der Waals surface area contributed by atoms with Crippen LogP contribution in [0.1, 0.15) is 37.8 Å². The Hall–Kier alpha value is -1.47. The number of aliphatic hydroxyl groups is 3. The zero-order valence-corrected chi connectivity index (χ0v) is 15.6. The lowest BCUT2D eigenvalue weighted by Crippen LogP contribution is -2.32. The van der Waals surface area contributed by atoms with Crippen LogP contribution in [0.2, 0.25) is 0 Å². The first-order valence-electron chi connectivity index (χ1n) is 8.72. The normalized spacial score (nSPS) is 12.0. The van der Waals surface area contributed by atoms with Crippen molar-refractivity contribution in [2.24, 2.45) is 5.92 Å². The Kier molecular flexibility index (Phi) is 13.0. The minimum absolute atomic E-state index is 0.0694. The zero-order valence-electron chi connectivity index (χ0n) is 15.6. The van der Waals surface area contributed by atoms with Gasteiger partial charge in [-0.25, -0.2) is 0 Å². The first kappa shape index (κ1) is 23.5. The van der Waals surface area contributed by atoms with E-state index < -0.39 is 11.9 Å². The molecule has 0 spiro atoms. The van der Waals surface area contributed by atoms with Gasteiger partial charge in [-0.2, -0.15) is 0 Å². The Balaban J connectivity index is 0.000000504. The third kappa shape index (κ3) is 10.9. The van der Waals surface area contributed by atoms with E-state index in [2.05, 4.69) is 13.8 Å². The molecule has 25 heavy (non-hydrogen) atoms. The SMILES string of the molecule is CC(C)Cc1ccc(C(C)C(=O)O)cc1.OCCN(CCO)CCO. The smallest absolute Gasteiger partial charge is 0.310 e. The molecule has 0 fully saturated rings. The molecule has 0 aromatic heterocycles. The van der Waals surface area contributed by atoms with Crippen LogP contribution in [0.5, 0.6) is 0 Å². The number of carbonyl (C=O) groups is 1. The molecule has 1 atom stereocenters. The lowest BCUT2D eigenvalue weighted by atomic mass is 9.97. The molecule has 0 aliphatic rings. The lowest BCUT2D eigenvalue weighted by molar-refractivity contribution is -0.138. The Morgan fingerprint density at radius 1 is 0.920 bits per heavy atom. The molecule has 0 radical (unpaired) electrons. The number of benzene rings is 1. The van der Waals surface area contributed by atoms with Crippen LogP contribution in [0.4, 0.5) is 0 Å². The maximum atomic E-state index is 10.8. The Morgan fingerprint density at radius 3 is 1.68 bits per heavy atom. The van der Waals surface area contributed by atoms with Crippen molar-refractivity contribution in [3.05, 3.63) is 35.4 Å². The summed E-state index contributed by atoms with van der Waals surface area (Å²) in [6, 6.07) is 7.87. The van der Waals surface area contributed by atoms with Gasteiger partial charge in [-0.05, 0) is 30.4 Å². The van der Waals surface area contributed by atoms with Gasteiger partial charge in [-0.15, -0.1) is 0 Å². The lowest BCUT2D eigenvalue weighted by Gasteiger charge is -2.17. The maximum Gasteiger partial charge on any atom is 0.310 e. The molecule has 1 rings (SSSR count). The van der Waals surface area contributed by atoms with E-state index in [4.69, 9.17) is 20.4 Å². The molecule has 0 heterocycles. The summed E-state index contributed by atoms with van der Waals surface area (Å²) in [7, 11) is 0. The molecule has 6 heteroatoms. The molecule has 0 saturated carbocycles. The molecule has 0 aliphatic heterocycles. The van der Waals surface area contributed by atoms with Crippen LogP contribution in [0.15, 0.2) is 24.3 Å². The van der Waals surface area contributed by atoms with Crippen molar-refractivity contribution in [1.29, 1.82) is 0 Å². The van der Waals surface area contributed by atoms with Crippen molar-refractivity contribution < 1.29 is 25.2 Å². The van der Waals surface area contributed by atoms with Crippen molar-refractivity contribution in [3.8, 4) is 0 Å². The number of hydrogen-bond acceptors (Lipinski definition) is 5. The summed E-state index contributed by atoms with van der Waals surface area (Å²) in [4.78, 5) is 12.6. The Morgan fingerprint density at radius 2 is 1.36 bits per heavy atom. The predicted octanol–water partition coefficient (Wildman–Crippen LogP) is 1.34. The maximum absolute atomic E-state index is 10.8. The van der Waals surface area contributed by atoms with Crippen molar-refractivity contribution in [1.82, 2.24) is 4.90 Å². The fourth-order valence-corrected chi connectivity index (χ4v) is 2.32. The second-order valence-corrected chi connectivity index (χ2v) is 6.41. The molecule has 144 valence electrons. The third-order valence-corrected chi connectivity index (χ3v) is 3.74. The van der Waals surface area contributed by atoms with Crippen molar-refractivity contribution in [2.75, 3.05) is 39.5 Å². The monoisotopic (exact) mass is 355 g/mol. The van der Waals surface area contributed by atoms with Crippen molar-refractivity contribution >= 4 is 5.97 Å². The number of aliphatic hydroxyl groups excluding tert-OH is 3. The summed E-state index contributed by atoms with van der Waals surface area (Å²) in [5.74, 6) is -0.558. The van der Waals surface area contributed by atoms with Crippen LogP contribution in [0.25, 0.3) is 0 Å². The highest BCUT2D eigenvalue weighted by molar-refractivity contribution is 5.75. The van der Waals surface area contributed by atoms with Crippen LogP contribution < -0.4 is 0 Å². The highest BCUT2D eigenvalue weighted by Crippen LogP contribution is 2.17. The van der Waals surface area contributed by atoms with E-state index in [9.17, 15) is 4.79 Å². The summed E-state index contributed by atoms with van der Waals surface area (Å²) in [6.45, 7) is 7.81. The summed E-state index contributed by atoms with van der Waals surface area (Å²) in [6.07, 6.45) is 1.04. The molecule has 0 bridgehead atoms. The zero-order chi connectivity index (χ0) is 19.2. The third-order valence-electron chi connectivity index (χ3n) is 3.74. The second kappa shape index (κ2) is 13.8. The summed E-state index contributed by atoms with van der Waals surface area (Å²) >= 11 is 0. The van der Waals surface area contributed by atoms with Gasteiger partial charge in [-0.3, -0.25) is 9.69 Å². The predicted molar refractivity (Wildman–Crippen MR) is 98.7 cm³/mol. The van der Waals surface area contributed by atoms with E-state index in [-0.39, 0.29) is 19.8 Å². The summed E-state index contributed by atoms with van der Waals surface area (Å²) in [5.41, 5.74) is 2.14. The molecular weight excluding hydrogens is 322 g/mol. The van der Waals surface area contributed by atoms with Gasteiger partial charge in [0, 0.05) is 19.6 Å². The summed E-state index contributed by atoms with van der Waals surface area (Å²) in [5, 5.41) is 34.3. The van der Waals surface area contributed by atoms with Gasteiger partial charge in [0.2, 0.25) is 0 Å². The molecule has 4 N–H and O–H groups in total. The highest BCUT2D eigenvalue weighted by atomic mass is 16.4. The number of carboxylic acids is 1. The topological polar surface area (TPSA) is 101 Å². The van der Waals surface area contributed by atoms with Gasteiger partial charge in [0.15, 0.2) is 0 Å². The Bertz CT molecular complexity index is 447. The number of aliphatic carboxylic acids is 1. The van der Waals surface area contributed by atoms with E-state index in [0.717, 1.165) is 12.0 Å². The van der Waals surface area contributed by atoms with Gasteiger partial charge in [-0.1, -0.05) is 38.1 Å². The number of carboxylic acid groups (broad SMARTS) is 1.